The van der Waals surface area contributed by atoms with Crippen LogP contribution in [0.3, 0.4) is 0 Å². The summed E-state index contributed by atoms with van der Waals surface area (Å²) in [7, 11) is 1.60. The van der Waals surface area contributed by atoms with Gasteiger partial charge >= 0.3 is 5.69 Å². The minimum Gasteiger partial charge on any atom is -0.303 e. The molecule has 2 aromatic heterocycles. The maximum atomic E-state index is 12.5. The molecule has 0 spiro atoms. The second-order valence-electron chi connectivity index (χ2n) is 7.62. The number of anilines is 1. The number of hydrazone groups is 1. The van der Waals surface area contributed by atoms with Crippen molar-refractivity contribution in [3.05, 3.63) is 55.1 Å². The van der Waals surface area contributed by atoms with Gasteiger partial charge in [-0.25, -0.2) is 10.2 Å². The fourth-order valence-corrected chi connectivity index (χ4v) is 3.74. The van der Waals surface area contributed by atoms with Gasteiger partial charge in [-0.2, -0.15) is 10.1 Å². The van der Waals surface area contributed by atoms with Gasteiger partial charge in [-0.15, -0.1) is 0 Å². The molecule has 0 bridgehead atoms. The number of nitrogens with zero attached hydrogens (tertiary/aromatic N) is 4. The Morgan fingerprint density at radius 3 is 2.48 bits per heavy atom. The number of hydrogen-bond donors (Lipinski definition) is 2. The van der Waals surface area contributed by atoms with Crippen molar-refractivity contribution < 1.29 is 0 Å². The molecule has 3 rings (SSSR count). The first-order valence-electron chi connectivity index (χ1n) is 10.8. The average Bonchev–Trinajstić information content (AvgIpc) is 3.12. The van der Waals surface area contributed by atoms with Crippen molar-refractivity contribution in [2.75, 3.05) is 5.43 Å². The molecule has 8 nitrogen and oxygen atoms in total. The molecule has 0 amide bonds. The van der Waals surface area contributed by atoms with E-state index in [0.717, 1.165) is 22.9 Å². The molecule has 0 aliphatic rings. The third kappa shape index (κ3) is 5.94. The molecule has 3 aromatic rings. The Balaban J connectivity index is 1.79. The number of aromatic nitrogens is 4. The van der Waals surface area contributed by atoms with Crippen molar-refractivity contribution in [3.8, 4) is 0 Å². The molecule has 0 saturated carbocycles. The summed E-state index contributed by atoms with van der Waals surface area (Å²) < 4.78 is 4.16. The molecule has 0 aliphatic carbocycles. The van der Waals surface area contributed by atoms with E-state index in [2.05, 4.69) is 43.3 Å². The maximum Gasteiger partial charge on any atom is 0.329 e. The molecule has 0 aliphatic heterocycles. The van der Waals surface area contributed by atoms with Gasteiger partial charge in [0.2, 0.25) is 5.95 Å². The number of unbranched alkanes of at least 4 members (excludes halogenated alkanes) is 6. The van der Waals surface area contributed by atoms with E-state index in [4.69, 9.17) is 0 Å². The number of fused-ring (bicyclic) bond motifs is 1. The number of halogens is 1. The Bertz CT molecular complexity index is 1140. The highest BCUT2D eigenvalue weighted by atomic mass is 79.9. The molecular weight excluding hydrogens is 460 g/mol. The first kappa shape index (κ1) is 23.0. The molecular formula is C22H29BrN6O2. The second-order valence-corrected chi connectivity index (χ2v) is 8.54. The predicted octanol–water partition coefficient (Wildman–Crippen LogP) is 4.38. The quantitative estimate of drug-likeness (QED) is 0.237. The summed E-state index contributed by atoms with van der Waals surface area (Å²) in [6.45, 7) is 2.84. The zero-order valence-electron chi connectivity index (χ0n) is 18.0. The smallest absolute Gasteiger partial charge is 0.303 e. The minimum absolute atomic E-state index is 0.345. The molecule has 2 N–H and O–H groups in total. The van der Waals surface area contributed by atoms with Gasteiger partial charge in [0.25, 0.3) is 5.56 Å². The van der Waals surface area contributed by atoms with Crippen LogP contribution in [0.15, 0.2) is 43.4 Å². The summed E-state index contributed by atoms with van der Waals surface area (Å²) in [5, 5.41) is 4.28. The van der Waals surface area contributed by atoms with Crippen molar-refractivity contribution in [2.24, 2.45) is 12.1 Å². The topological polar surface area (TPSA) is 97.1 Å². The number of H-pyrrole nitrogens is 1. The average molecular weight is 489 g/mol. The molecule has 1 aromatic carbocycles. The molecule has 0 saturated heterocycles. The molecule has 0 radical (unpaired) electrons. The number of rotatable bonds is 11. The van der Waals surface area contributed by atoms with Crippen LogP contribution in [0.4, 0.5) is 5.95 Å². The Kier molecular flexibility index (Phi) is 8.22. The Labute approximate surface area is 189 Å². The number of hydrogen-bond acceptors (Lipinski definition) is 5. The van der Waals surface area contributed by atoms with Crippen LogP contribution < -0.4 is 16.7 Å². The van der Waals surface area contributed by atoms with Gasteiger partial charge in [0.1, 0.15) is 0 Å². The normalized spacial score (nSPS) is 11.6. The van der Waals surface area contributed by atoms with E-state index >= 15 is 0 Å². The van der Waals surface area contributed by atoms with E-state index in [0.29, 0.717) is 23.7 Å². The largest absolute Gasteiger partial charge is 0.329 e. The zero-order chi connectivity index (χ0) is 22.2. The van der Waals surface area contributed by atoms with E-state index in [-0.39, 0.29) is 0 Å². The number of imidazole rings is 1. The first-order valence-corrected chi connectivity index (χ1v) is 11.5. The summed E-state index contributed by atoms with van der Waals surface area (Å²) in [5.41, 5.74) is 3.69. The molecule has 31 heavy (non-hydrogen) atoms. The van der Waals surface area contributed by atoms with Gasteiger partial charge in [0.15, 0.2) is 11.2 Å². The number of benzene rings is 1. The lowest BCUT2D eigenvalue weighted by atomic mass is 10.1. The third-order valence-electron chi connectivity index (χ3n) is 5.24. The lowest BCUT2D eigenvalue weighted by Gasteiger charge is -2.08. The van der Waals surface area contributed by atoms with Crippen molar-refractivity contribution in [2.45, 2.75) is 58.4 Å². The van der Waals surface area contributed by atoms with E-state index in [1.54, 1.807) is 13.3 Å². The Morgan fingerprint density at radius 2 is 1.77 bits per heavy atom. The van der Waals surface area contributed by atoms with Gasteiger partial charge in [-0.05, 0) is 24.1 Å². The van der Waals surface area contributed by atoms with E-state index in [9.17, 15) is 9.59 Å². The first-order chi connectivity index (χ1) is 15.0. The highest BCUT2D eigenvalue weighted by molar-refractivity contribution is 9.10. The lowest BCUT2D eigenvalue weighted by molar-refractivity contribution is 0.556. The van der Waals surface area contributed by atoms with Gasteiger partial charge in [-0.1, -0.05) is 73.5 Å². The molecule has 0 unspecified atom stereocenters. The molecule has 166 valence electrons. The van der Waals surface area contributed by atoms with E-state index in [1.165, 1.54) is 36.7 Å². The van der Waals surface area contributed by atoms with Crippen molar-refractivity contribution in [3.63, 3.8) is 0 Å². The van der Waals surface area contributed by atoms with Gasteiger partial charge in [-0.3, -0.25) is 14.3 Å². The van der Waals surface area contributed by atoms with Crippen LogP contribution in [0.25, 0.3) is 11.2 Å². The van der Waals surface area contributed by atoms with Gasteiger partial charge < -0.3 is 4.57 Å². The highest BCUT2D eigenvalue weighted by Crippen LogP contribution is 2.17. The summed E-state index contributed by atoms with van der Waals surface area (Å²) in [4.78, 5) is 31.4. The monoisotopic (exact) mass is 488 g/mol. The van der Waals surface area contributed by atoms with Crippen LogP contribution in [-0.2, 0) is 13.6 Å². The molecule has 9 heteroatoms. The third-order valence-corrected chi connectivity index (χ3v) is 5.77. The van der Waals surface area contributed by atoms with Crippen molar-refractivity contribution >= 4 is 39.3 Å². The number of aryl methyl sites for hydroxylation is 2. The fourth-order valence-electron chi connectivity index (χ4n) is 3.48. The van der Waals surface area contributed by atoms with E-state index in [1.807, 2.05) is 28.8 Å². The SMILES string of the molecule is CCCCCCCCCn1c(N/N=C/c2ccc(Br)cc2)nc2c1c(=O)[nH]c(=O)n2C. The second kappa shape index (κ2) is 11.1. The van der Waals surface area contributed by atoms with Gasteiger partial charge in [0.05, 0.1) is 6.21 Å². The molecule has 0 fully saturated rings. The molecule has 2 heterocycles. The highest BCUT2D eigenvalue weighted by Gasteiger charge is 2.16. The van der Waals surface area contributed by atoms with Crippen LogP contribution in [0.5, 0.6) is 0 Å². The van der Waals surface area contributed by atoms with Crippen LogP contribution >= 0.6 is 15.9 Å². The zero-order valence-corrected chi connectivity index (χ0v) is 19.6. The number of nitrogens with one attached hydrogen (secondary N) is 2. The fraction of sp³-hybridized carbons (Fsp3) is 0.455. The van der Waals surface area contributed by atoms with Crippen LogP contribution in [0, 0.1) is 0 Å². The minimum atomic E-state index is -0.483. The summed E-state index contributed by atoms with van der Waals surface area (Å²) in [6, 6.07) is 7.75. The van der Waals surface area contributed by atoms with Gasteiger partial charge in [0, 0.05) is 18.1 Å². The van der Waals surface area contributed by atoms with Crippen LogP contribution in [0.2, 0.25) is 0 Å². The van der Waals surface area contributed by atoms with E-state index < -0.39 is 11.2 Å². The summed E-state index contributed by atoms with van der Waals surface area (Å²) in [5.74, 6) is 0.445. The van der Waals surface area contributed by atoms with Crippen LogP contribution in [-0.4, -0.2) is 25.3 Å². The van der Waals surface area contributed by atoms with Crippen LogP contribution in [0.1, 0.15) is 57.4 Å². The lowest BCUT2D eigenvalue weighted by Crippen LogP contribution is -2.29. The van der Waals surface area contributed by atoms with Crippen molar-refractivity contribution in [1.82, 2.24) is 19.1 Å². The standard InChI is InChI=1S/C22H29BrN6O2/c1-3-4-5-6-7-8-9-14-29-18-19(28(2)22(31)26-20(18)30)25-21(29)27-24-15-16-10-12-17(23)13-11-16/h10-13,15H,3-9,14H2,1-2H3,(H,25,27)(H,26,30,31)/b24-15+. The summed E-state index contributed by atoms with van der Waals surface area (Å²) in [6.07, 6.45) is 9.87. The number of aromatic amines is 1. The summed E-state index contributed by atoms with van der Waals surface area (Å²) >= 11 is 3.41. The Hall–Kier alpha value is -2.68. The van der Waals surface area contributed by atoms with Crippen molar-refractivity contribution in [1.29, 1.82) is 0 Å². The predicted molar refractivity (Wildman–Crippen MR) is 129 cm³/mol. The maximum absolute atomic E-state index is 12.5. The molecule has 0 atom stereocenters. The Morgan fingerprint density at radius 1 is 1.10 bits per heavy atom.